The van der Waals surface area contributed by atoms with Crippen molar-refractivity contribution in [3.63, 3.8) is 0 Å². The largest absolute Gasteiger partial charge is 0.481 e. The summed E-state index contributed by atoms with van der Waals surface area (Å²) in [6.07, 6.45) is -5.42. The molecule has 1 amide bonds. The summed E-state index contributed by atoms with van der Waals surface area (Å²) in [6, 6.07) is 0.447. The highest BCUT2D eigenvalue weighted by molar-refractivity contribution is 5.75. The highest BCUT2D eigenvalue weighted by atomic mass is 19.4. The molecule has 0 radical (unpaired) electrons. The lowest BCUT2D eigenvalue weighted by molar-refractivity contribution is -0.138. The number of halogens is 4. The summed E-state index contributed by atoms with van der Waals surface area (Å²) < 4.78 is 50.9. The molecule has 0 spiro atoms. The Bertz CT molecular complexity index is 512. The Labute approximate surface area is 111 Å². The van der Waals surface area contributed by atoms with Gasteiger partial charge in [-0.2, -0.15) is 13.2 Å². The number of carboxylic acids is 1. The first-order valence-corrected chi connectivity index (χ1v) is 5.46. The SMILES string of the molecule is CC(=O)N[C@H](CC(=O)O)c1cc(F)cc(C(F)(F)F)c1. The average Bonchev–Trinajstić information content (AvgIpc) is 2.24. The van der Waals surface area contributed by atoms with E-state index >= 15 is 0 Å². The molecular weight excluding hydrogens is 282 g/mol. The first-order chi connectivity index (χ1) is 9.09. The third-order valence-electron chi connectivity index (χ3n) is 2.41. The lowest BCUT2D eigenvalue weighted by Gasteiger charge is -2.18. The number of carbonyl (C=O) groups is 2. The maximum absolute atomic E-state index is 13.2. The van der Waals surface area contributed by atoms with E-state index < -0.39 is 41.9 Å². The van der Waals surface area contributed by atoms with E-state index in [1.54, 1.807) is 0 Å². The topological polar surface area (TPSA) is 66.4 Å². The van der Waals surface area contributed by atoms with Crippen molar-refractivity contribution >= 4 is 11.9 Å². The van der Waals surface area contributed by atoms with Crippen LogP contribution in [0.25, 0.3) is 0 Å². The number of nitrogens with one attached hydrogen (secondary N) is 1. The number of carboxylic acid groups (broad SMARTS) is 1. The quantitative estimate of drug-likeness (QED) is 0.838. The van der Waals surface area contributed by atoms with Gasteiger partial charge in [-0.25, -0.2) is 4.39 Å². The van der Waals surface area contributed by atoms with Crippen LogP contribution < -0.4 is 5.32 Å². The number of hydrogen-bond donors (Lipinski definition) is 2. The van der Waals surface area contributed by atoms with E-state index in [4.69, 9.17) is 5.11 Å². The second-order valence-corrected chi connectivity index (χ2v) is 4.12. The molecule has 20 heavy (non-hydrogen) atoms. The monoisotopic (exact) mass is 293 g/mol. The van der Waals surface area contributed by atoms with Crippen molar-refractivity contribution in [3.05, 3.63) is 35.1 Å². The Hall–Kier alpha value is -2.12. The van der Waals surface area contributed by atoms with E-state index in [1.165, 1.54) is 0 Å². The van der Waals surface area contributed by atoms with Crippen molar-refractivity contribution in [1.29, 1.82) is 0 Å². The van der Waals surface area contributed by atoms with Gasteiger partial charge in [-0.05, 0) is 23.8 Å². The Morgan fingerprint density at radius 2 is 1.90 bits per heavy atom. The summed E-state index contributed by atoms with van der Waals surface area (Å²) in [5, 5.41) is 10.9. The number of carbonyl (C=O) groups excluding carboxylic acids is 1. The third-order valence-corrected chi connectivity index (χ3v) is 2.41. The summed E-state index contributed by atoms with van der Waals surface area (Å²) in [7, 11) is 0. The zero-order valence-corrected chi connectivity index (χ0v) is 10.3. The van der Waals surface area contributed by atoms with Gasteiger partial charge < -0.3 is 10.4 Å². The second-order valence-electron chi connectivity index (χ2n) is 4.12. The van der Waals surface area contributed by atoms with Gasteiger partial charge in [-0.1, -0.05) is 0 Å². The van der Waals surface area contributed by atoms with Gasteiger partial charge in [0.1, 0.15) is 5.82 Å². The molecule has 0 fully saturated rings. The molecule has 0 unspecified atom stereocenters. The lowest BCUT2D eigenvalue weighted by Crippen LogP contribution is -2.28. The minimum absolute atomic E-state index is 0.255. The zero-order chi connectivity index (χ0) is 15.5. The van der Waals surface area contributed by atoms with Crippen LogP contribution >= 0.6 is 0 Å². The van der Waals surface area contributed by atoms with Gasteiger partial charge in [0.2, 0.25) is 5.91 Å². The van der Waals surface area contributed by atoms with Gasteiger partial charge in [0.25, 0.3) is 0 Å². The first kappa shape index (κ1) is 15.9. The molecule has 0 saturated carbocycles. The van der Waals surface area contributed by atoms with Gasteiger partial charge >= 0.3 is 12.1 Å². The molecule has 110 valence electrons. The maximum atomic E-state index is 13.2. The Morgan fingerprint density at radius 1 is 1.30 bits per heavy atom. The van der Waals surface area contributed by atoms with Crippen molar-refractivity contribution in [2.75, 3.05) is 0 Å². The fraction of sp³-hybridized carbons (Fsp3) is 0.333. The molecule has 4 nitrogen and oxygen atoms in total. The molecule has 0 aliphatic rings. The molecule has 0 aromatic heterocycles. The van der Waals surface area contributed by atoms with E-state index in [1.807, 2.05) is 0 Å². The smallest absolute Gasteiger partial charge is 0.416 e. The number of hydrogen-bond acceptors (Lipinski definition) is 2. The van der Waals surface area contributed by atoms with E-state index in [-0.39, 0.29) is 5.56 Å². The van der Waals surface area contributed by atoms with Gasteiger partial charge in [0, 0.05) is 6.92 Å². The Morgan fingerprint density at radius 3 is 2.35 bits per heavy atom. The number of alkyl halides is 3. The van der Waals surface area contributed by atoms with Gasteiger partial charge in [0.05, 0.1) is 18.0 Å². The second kappa shape index (κ2) is 5.89. The van der Waals surface area contributed by atoms with Crippen molar-refractivity contribution in [1.82, 2.24) is 5.32 Å². The van der Waals surface area contributed by atoms with E-state index in [9.17, 15) is 27.2 Å². The highest BCUT2D eigenvalue weighted by Crippen LogP contribution is 2.32. The van der Waals surface area contributed by atoms with Gasteiger partial charge in [-0.15, -0.1) is 0 Å². The minimum Gasteiger partial charge on any atom is -0.481 e. The first-order valence-electron chi connectivity index (χ1n) is 5.46. The summed E-state index contributed by atoms with van der Waals surface area (Å²) in [5.74, 6) is -3.12. The molecule has 1 atom stereocenters. The van der Waals surface area contributed by atoms with Crippen molar-refractivity contribution < 1.29 is 32.3 Å². The van der Waals surface area contributed by atoms with Crippen LogP contribution in [0.3, 0.4) is 0 Å². The molecule has 0 bridgehead atoms. The number of amides is 1. The van der Waals surface area contributed by atoms with Crippen molar-refractivity contribution in [2.24, 2.45) is 0 Å². The fourth-order valence-corrected chi connectivity index (χ4v) is 1.65. The summed E-state index contributed by atoms with van der Waals surface area (Å²) in [4.78, 5) is 21.6. The summed E-state index contributed by atoms with van der Waals surface area (Å²) >= 11 is 0. The van der Waals surface area contributed by atoms with Crippen molar-refractivity contribution in [2.45, 2.75) is 25.6 Å². The van der Waals surface area contributed by atoms with Crippen LogP contribution in [-0.4, -0.2) is 17.0 Å². The molecule has 0 aliphatic heterocycles. The molecule has 1 rings (SSSR count). The minimum atomic E-state index is -4.76. The van der Waals surface area contributed by atoms with Crippen LogP contribution in [-0.2, 0) is 15.8 Å². The summed E-state index contributed by atoms with van der Waals surface area (Å²) in [5.41, 5.74) is -1.50. The predicted octanol–water partition coefficient (Wildman–Crippen LogP) is 2.50. The van der Waals surface area contributed by atoms with E-state index in [0.29, 0.717) is 12.1 Å². The average molecular weight is 293 g/mol. The van der Waals surface area contributed by atoms with Crippen LogP contribution in [0.5, 0.6) is 0 Å². The predicted molar refractivity (Wildman–Crippen MR) is 60.2 cm³/mol. The van der Waals surface area contributed by atoms with Crippen LogP contribution in [0.15, 0.2) is 18.2 Å². The molecule has 1 aromatic rings. The van der Waals surface area contributed by atoms with E-state index in [0.717, 1.165) is 13.0 Å². The molecule has 1 aromatic carbocycles. The molecule has 0 heterocycles. The molecule has 0 saturated heterocycles. The lowest BCUT2D eigenvalue weighted by atomic mass is 10.0. The standard InChI is InChI=1S/C12H11F4NO3/c1-6(18)17-10(5-11(19)20)7-2-8(12(14,15)16)4-9(13)3-7/h2-4,10H,5H2,1H3,(H,17,18)(H,19,20)/t10-/m1/s1. The van der Waals surface area contributed by atoms with Crippen LogP contribution in [0.1, 0.15) is 30.5 Å². The van der Waals surface area contributed by atoms with Crippen LogP contribution in [0.4, 0.5) is 17.6 Å². The molecule has 0 aliphatic carbocycles. The van der Waals surface area contributed by atoms with Crippen molar-refractivity contribution in [3.8, 4) is 0 Å². The van der Waals surface area contributed by atoms with Crippen LogP contribution in [0.2, 0.25) is 0 Å². The van der Waals surface area contributed by atoms with Gasteiger partial charge in [0.15, 0.2) is 0 Å². The molecular formula is C12H11F4NO3. The number of benzene rings is 1. The zero-order valence-electron chi connectivity index (χ0n) is 10.3. The molecule has 2 N–H and O–H groups in total. The fourth-order valence-electron chi connectivity index (χ4n) is 1.65. The van der Waals surface area contributed by atoms with E-state index in [2.05, 4.69) is 5.32 Å². The maximum Gasteiger partial charge on any atom is 0.416 e. The highest BCUT2D eigenvalue weighted by Gasteiger charge is 2.32. The number of rotatable bonds is 4. The van der Waals surface area contributed by atoms with Gasteiger partial charge in [-0.3, -0.25) is 9.59 Å². The third kappa shape index (κ3) is 4.52. The normalized spacial score (nSPS) is 12.8. The molecule has 8 heteroatoms. The Kier molecular flexibility index (Phi) is 4.69. The summed E-state index contributed by atoms with van der Waals surface area (Å²) in [6.45, 7) is 1.08. The number of aliphatic carboxylic acids is 1. The Balaban J connectivity index is 3.21. The van der Waals surface area contributed by atoms with Crippen LogP contribution in [0, 0.1) is 5.82 Å².